The second-order valence-electron chi connectivity index (χ2n) is 7.09. The zero-order chi connectivity index (χ0) is 18.8. The van der Waals surface area contributed by atoms with Crippen LogP contribution in [0.1, 0.15) is 24.8 Å². The highest BCUT2D eigenvalue weighted by Gasteiger charge is 2.18. The van der Waals surface area contributed by atoms with Gasteiger partial charge in [0.2, 0.25) is 0 Å². The third-order valence-electron chi connectivity index (χ3n) is 5.04. The quantitative estimate of drug-likeness (QED) is 0.712. The maximum Gasteiger partial charge on any atom is 0.260 e. The minimum absolute atomic E-state index is 0.0498. The Morgan fingerprint density at radius 3 is 2.78 bits per heavy atom. The van der Waals surface area contributed by atoms with Gasteiger partial charge in [-0.15, -0.1) is 0 Å². The minimum atomic E-state index is 0.0498. The van der Waals surface area contributed by atoms with E-state index in [4.69, 9.17) is 9.72 Å². The number of nitrogens with zero attached hydrogens (tertiary/aromatic N) is 4. The van der Waals surface area contributed by atoms with Crippen molar-refractivity contribution < 1.29 is 9.53 Å². The number of hydrogen-bond acceptors (Lipinski definition) is 4. The Labute approximate surface area is 158 Å². The molecule has 6 heteroatoms. The van der Waals surface area contributed by atoms with E-state index >= 15 is 0 Å². The van der Waals surface area contributed by atoms with E-state index in [0.717, 1.165) is 48.1 Å². The lowest BCUT2D eigenvalue weighted by Gasteiger charge is -2.26. The Hall–Kier alpha value is -2.89. The first-order chi connectivity index (χ1) is 13.1. The van der Waals surface area contributed by atoms with Crippen LogP contribution in [0.2, 0.25) is 0 Å². The normalized spacial score (nSPS) is 14.5. The van der Waals surface area contributed by atoms with Gasteiger partial charge in [-0.3, -0.25) is 9.48 Å². The maximum atomic E-state index is 12.4. The molecule has 6 nitrogen and oxygen atoms in total. The number of hydrogen-bond donors (Lipinski definition) is 0. The van der Waals surface area contributed by atoms with Crippen molar-refractivity contribution in [3.05, 3.63) is 42.1 Å². The summed E-state index contributed by atoms with van der Waals surface area (Å²) in [4.78, 5) is 19.0. The molecule has 3 heterocycles. The predicted molar refractivity (Wildman–Crippen MR) is 105 cm³/mol. The lowest BCUT2D eigenvalue weighted by atomic mass is 10.1. The van der Waals surface area contributed by atoms with E-state index in [-0.39, 0.29) is 12.5 Å². The third-order valence-corrected chi connectivity index (χ3v) is 5.04. The van der Waals surface area contributed by atoms with Gasteiger partial charge in [-0.1, -0.05) is 12.1 Å². The number of carbonyl (C=O) groups is 1. The second kappa shape index (κ2) is 7.39. The molecule has 1 aliphatic heterocycles. The fraction of sp³-hybridized carbons (Fsp3) is 0.381. The number of para-hydroxylation sites is 1. The minimum Gasteiger partial charge on any atom is -0.483 e. The Morgan fingerprint density at radius 2 is 1.96 bits per heavy atom. The molecule has 1 fully saturated rings. The monoisotopic (exact) mass is 364 g/mol. The van der Waals surface area contributed by atoms with E-state index in [1.165, 1.54) is 6.42 Å². The summed E-state index contributed by atoms with van der Waals surface area (Å²) in [6.45, 7) is 3.78. The highest BCUT2D eigenvalue weighted by molar-refractivity contribution is 5.83. The number of amides is 1. The second-order valence-corrected chi connectivity index (χ2v) is 7.09. The van der Waals surface area contributed by atoms with E-state index in [0.29, 0.717) is 11.4 Å². The number of fused-ring (bicyclic) bond motifs is 1. The number of ether oxygens (including phenoxy) is 1. The Bertz CT molecular complexity index is 973. The molecule has 3 aromatic rings. The third kappa shape index (κ3) is 3.65. The van der Waals surface area contributed by atoms with Gasteiger partial charge >= 0.3 is 0 Å². The summed E-state index contributed by atoms with van der Waals surface area (Å²) < 4.78 is 7.68. The summed E-state index contributed by atoms with van der Waals surface area (Å²) in [5, 5.41) is 5.47. The fourth-order valence-corrected chi connectivity index (χ4v) is 3.58. The van der Waals surface area contributed by atoms with Crippen LogP contribution in [0.4, 0.5) is 0 Å². The van der Waals surface area contributed by atoms with Crippen LogP contribution in [0, 0.1) is 6.92 Å². The number of aryl methyl sites for hydroxylation is 2. The van der Waals surface area contributed by atoms with Gasteiger partial charge in [-0.25, -0.2) is 4.98 Å². The largest absolute Gasteiger partial charge is 0.483 e. The molecule has 0 N–H and O–H groups in total. The van der Waals surface area contributed by atoms with Crippen LogP contribution in [0.15, 0.2) is 36.5 Å². The number of likely N-dealkylation sites (tertiary alicyclic amines) is 1. The molecule has 140 valence electrons. The first-order valence-corrected chi connectivity index (χ1v) is 9.43. The summed E-state index contributed by atoms with van der Waals surface area (Å²) in [7, 11) is 1.89. The van der Waals surface area contributed by atoms with Crippen molar-refractivity contribution in [3.8, 4) is 17.0 Å². The summed E-state index contributed by atoms with van der Waals surface area (Å²) in [6, 6.07) is 9.76. The lowest BCUT2D eigenvalue weighted by molar-refractivity contribution is -0.134. The molecule has 0 saturated carbocycles. The van der Waals surface area contributed by atoms with Gasteiger partial charge in [-0.2, -0.15) is 5.10 Å². The van der Waals surface area contributed by atoms with E-state index in [9.17, 15) is 4.79 Å². The van der Waals surface area contributed by atoms with Gasteiger partial charge in [-0.05, 0) is 49.9 Å². The van der Waals surface area contributed by atoms with Crippen LogP contribution in [-0.4, -0.2) is 45.3 Å². The number of benzene rings is 1. The van der Waals surface area contributed by atoms with Gasteiger partial charge in [0.05, 0.1) is 5.69 Å². The maximum absolute atomic E-state index is 12.4. The number of piperidine rings is 1. The number of rotatable bonds is 4. The summed E-state index contributed by atoms with van der Waals surface area (Å²) in [5.41, 5.74) is 3.51. The van der Waals surface area contributed by atoms with Gasteiger partial charge in [0.15, 0.2) is 12.3 Å². The molecule has 0 aliphatic carbocycles. The standard InChI is InChI=1S/C21H24N4O2/c1-15-12-18(22-21-17(15)13-24(2)23-21)16-8-4-5-9-19(16)27-14-20(26)25-10-6-3-7-11-25/h4-5,8-9,12-13H,3,6-7,10-11,14H2,1-2H3. The van der Waals surface area contributed by atoms with Crippen molar-refractivity contribution in [2.45, 2.75) is 26.2 Å². The van der Waals surface area contributed by atoms with Crippen molar-refractivity contribution in [2.75, 3.05) is 19.7 Å². The van der Waals surface area contributed by atoms with Crippen LogP contribution in [0.5, 0.6) is 5.75 Å². The predicted octanol–water partition coefficient (Wildman–Crippen LogP) is 3.34. The molecule has 1 saturated heterocycles. The van der Waals surface area contributed by atoms with Crippen LogP contribution in [0.3, 0.4) is 0 Å². The Kier molecular flexibility index (Phi) is 4.79. The topological polar surface area (TPSA) is 60.2 Å². The summed E-state index contributed by atoms with van der Waals surface area (Å²) in [5.74, 6) is 0.721. The van der Waals surface area contributed by atoms with Crippen LogP contribution < -0.4 is 4.74 Å². The van der Waals surface area contributed by atoms with Crippen LogP contribution in [-0.2, 0) is 11.8 Å². The van der Waals surface area contributed by atoms with Gasteiger partial charge in [0.25, 0.3) is 5.91 Å². The molecular formula is C21H24N4O2. The zero-order valence-electron chi connectivity index (χ0n) is 15.8. The van der Waals surface area contributed by atoms with E-state index in [2.05, 4.69) is 12.0 Å². The number of carbonyl (C=O) groups excluding carboxylic acids is 1. The van der Waals surface area contributed by atoms with E-state index in [1.807, 2.05) is 48.5 Å². The lowest BCUT2D eigenvalue weighted by Crippen LogP contribution is -2.38. The van der Waals surface area contributed by atoms with Crippen molar-refractivity contribution >= 4 is 16.9 Å². The highest BCUT2D eigenvalue weighted by Crippen LogP contribution is 2.31. The van der Waals surface area contributed by atoms with Crippen LogP contribution in [0.25, 0.3) is 22.3 Å². The summed E-state index contributed by atoms with van der Waals surface area (Å²) >= 11 is 0. The smallest absolute Gasteiger partial charge is 0.260 e. The molecular weight excluding hydrogens is 340 g/mol. The van der Waals surface area contributed by atoms with Crippen molar-refractivity contribution in [2.24, 2.45) is 7.05 Å². The summed E-state index contributed by atoms with van der Waals surface area (Å²) in [6.07, 6.45) is 5.33. The molecule has 1 aliphatic rings. The fourth-order valence-electron chi connectivity index (χ4n) is 3.58. The molecule has 2 aromatic heterocycles. The molecule has 0 spiro atoms. The van der Waals surface area contributed by atoms with E-state index in [1.54, 1.807) is 4.68 Å². The molecule has 1 amide bonds. The van der Waals surface area contributed by atoms with Crippen LogP contribution >= 0.6 is 0 Å². The van der Waals surface area contributed by atoms with Gasteiger partial charge in [0, 0.05) is 37.3 Å². The molecule has 0 unspecified atom stereocenters. The van der Waals surface area contributed by atoms with Crippen molar-refractivity contribution in [1.82, 2.24) is 19.7 Å². The SMILES string of the molecule is Cc1cc(-c2ccccc2OCC(=O)N2CCCCC2)nc2nn(C)cc12. The molecule has 0 atom stereocenters. The zero-order valence-corrected chi connectivity index (χ0v) is 15.8. The molecule has 27 heavy (non-hydrogen) atoms. The van der Waals surface area contributed by atoms with Gasteiger partial charge in [0.1, 0.15) is 5.75 Å². The number of pyridine rings is 1. The van der Waals surface area contributed by atoms with Crippen molar-refractivity contribution in [3.63, 3.8) is 0 Å². The first kappa shape index (κ1) is 17.5. The molecule has 0 radical (unpaired) electrons. The highest BCUT2D eigenvalue weighted by atomic mass is 16.5. The van der Waals surface area contributed by atoms with Crippen molar-refractivity contribution in [1.29, 1.82) is 0 Å². The Balaban J connectivity index is 1.58. The van der Waals surface area contributed by atoms with E-state index < -0.39 is 0 Å². The molecule has 4 rings (SSSR count). The molecule has 1 aromatic carbocycles. The number of aromatic nitrogens is 3. The average molecular weight is 364 g/mol. The first-order valence-electron chi connectivity index (χ1n) is 9.43. The Morgan fingerprint density at radius 1 is 1.19 bits per heavy atom. The van der Waals surface area contributed by atoms with Gasteiger partial charge < -0.3 is 9.64 Å². The average Bonchev–Trinajstić information content (AvgIpc) is 3.08. The molecule has 0 bridgehead atoms.